The van der Waals surface area contributed by atoms with E-state index in [0.29, 0.717) is 19.3 Å². The summed E-state index contributed by atoms with van der Waals surface area (Å²) in [6.45, 7) is 6.64. The van der Waals surface area contributed by atoms with Gasteiger partial charge < -0.3 is 14.2 Å². The Morgan fingerprint density at radius 2 is 0.522 bits per heavy atom. The van der Waals surface area contributed by atoms with Crippen LogP contribution in [-0.2, 0) is 28.6 Å². The summed E-state index contributed by atoms with van der Waals surface area (Å²) in [4.78, 5) is 38.2. The van der Waals surface area contributed by atoms with Crippen molar-refractivity contribution < 1.29 is 28.6 Å². The van der Waals surface area contributed by atoms with Crippen LogP contribution in [0.3, 0.4) is 0 Å². The number of allylic oxidation sites excluding steroid dienone is 8. The van der Waals surface area contributed by atoms with E-state index in [0.717, 1.165) is 83.5 Å². The van der Waals surface area contributed by atoms with E-state index in [1.807, 2.05) is 0 Å². The number of hydrogen-bond acceptors (Lipinski definition) is 6. The van der Waals surface area contributed by atoms with Crippen molar-refractivity contribution in [2.75, 3.05) is 13.2 Å². The number of unbranched alkanes of at least 4 members (excludes halogenated alkanes) is 37. The van der Waals surface area contributed by atoms with E-state index in [2.05, 4.69) is 69.4 Å². The molecule has 0 spiro atoms. The van der Waals surface area contributed by atoms with Crippen molar-refractivity contribution in [2.45, 2.75) is 322 Å². The van der Waals surface area contributed by atoms with Crippen molar-refractivity contribution in [1.29, 1.82) is 0 Å². The number of esters is 3. The summed E-state index contributed by atoms with van der Waals surface area (Å²) in [7, 11) is 0. The van der Waals surface area contributed by atoms with Crippen LogP contribution in [0.15, 0.2) is 48.6 Å². The summed E-state index contributed by atoms with van der Waals surface area (Å²) in [5, 5.41) is 0. The Bertz CT molecular complexity index is 1200. The zero-order valence-electron chi connectivity index (χ0n) is 46.1. The van der Waals surface area contributed by atoms with Crippen LogP contribution >= 0.6 is 0 Å². The van der Waals surface area contributed by atoms with Gasteiger partial charge in [-0.25, -0.2) is 0 Å². The van der Waals surface area contributed by atoms with Gasteiger partial charge in [0.15, 0.2) is 6.10 Å². The lowest BCUT2D eigenvalue weighted by atomic mass is 10.1. The Balaban J connectivity index is 4.40. The molecular weight excluding hydrogens is 853 g/mol. The van der Waals surface area contributed by atoms with Crippen LogP contribution in [0.2, 0.25) is 0 Å². The molecular formula is C63H114O6. The monoisotopic (exact) mass is 967 g/mol. The molecule has 0 amide bonds. The highest BCUT2D eigenvalue weighted by atomic mass is 16.6. The number of ether oxygens (including phenoxy) is 3. The lowest BCUT2D eigenvalue weighted by molar-refractivity contribution is -0.167. The van der Waals surface area contributed by atoms with Crippen molar-refractivity contribution in [3.8, 4) is 0 Å². The molecule has 0 fully saturated rings. The summed E-state index contributed by atoms with van der Waals surface area (Å²) >= 11 is 0. The summed E-state index contributed by atoms with van der Waals surface area (Å²) < 4.78 is 16.9. The number of rotatable bonds is 55. The van der Waals surface area contributed by atoms with Crippen molar-refractivity contribution >= 4 is 17.9 Å². The van der Waals surface area contributed by atoms with Crippen LogP contribution < -0.4 is 0 Å². The SMILES string of the molecule is CCCCCCCC/C=C\CCCCCCCCCC(=O)OC(COC(=O)CCCCCCC/C=C\C=C/CCCCCCCCC)COC(=O)CCCCCCC/C=C\CCCCCCCCC. The maximum absolute atomic E-state index is 12.9. The quantitative estimate of drug-likeness (QED) is 0.0199. The van der Waals surface area contributed by atoms with Gasteiger partial charge in [-0.3, -0.25) is 14.4 Å². The van der Waals surface area contributed by atoms with Crippen molar-refractivity contribution in [3.05, 3.63) is 48.6 Å². The Morgan fingerprint density at radius 1 is 0.290 bits per heavy atom. The van der Waals surface area contributed by atoms with Crippen LogP contribution in [0.5, 0.6) is 0 Å². The molecule has 6 nitrogen and oxygen atoms in total. The number of carbonyl (C=O) groups is 3. The summed E-state index contributed by atoms with van der Waals surface area (Å²) in [5.74, 6) is -0.895. The Hall–Kier alpha value is -2.63. The van der Waals surface area contributed by atoms with E-state index in [1.54, 1.807) is 0 Å². The van der Waals surface area contributed by atoms with E-state index >= 15 is 0 Å². The molecule has 0 saturated carbocycles. The zero-order valence-corrected chi connectivity index (χ0v) is 46.1. The maximum atomic E-state index is 12.9. The third-order valence-electron chi connectivity index (χ3n) is 13.3. The van der Waals surface area contributed by atoms with E-state index in [-0.39, 0.29) is 31.1 Å². The molecule has 0 aromatic carbocycles. The van der Waals surface area contributed by atoms with E-state index < -0.39 is 6.10 Å². The maximum Gasteiger partial charge on any atom is 0.306 e. The lowest BCUT2D eigenvalue weighted by Gasteiger charge is -2.18. The van der Waals surface area contributed by atoms with Gasteiger partial charge >= 0.3 is 17.9 Å². The third kappa shape index (κ3) is 56.2. The van der Waals surface area contributed by atoms with Gasteiger partial charge in [-0.05, 0) is 96.3 Å². The fraction of sp³-hybridized carbons (Fsp3) is 0.825. The molecule has 0 saturated heterocycles. The highest BCUT2D eigenvalue weighted by Gasteiger charge is 2.19. The summed E-state index contributed by atoms with van der Waals surface area (Å²) in [6, 6.07) is 0. The first kappa shape index (κ1) is 66.4. The molecule has 1 unspecified atom stereocenters. The minimum atomic E-state index is -0.785. The van der Waals surface area contributed by atoms with Crippen molar-refractivity contribution in [2.24, 2.45) is 0 Å². The van der Waals surface area contributed by atoms with Gasteiger partial charge in [0, 0.05) is 19.3 Å². The van der Waals surface area contributed by atoms with Gasteiger partial charge in [0.1, 0.15) is 13.2 Å². The first-order valence-electron chi connectivity index (χ1n) is 30.2. The van der Waals surface area contributed by atoms with Crippen molar-refractivity contribution in [3.63, 3.8) is 0 Å². The minimum Gasteiger partial charge on any atom is -0.462 e. The zero-order chi connectivity index (χ0) is 50.0. The van der Waals surface area contributed by atoms with Crippen molar-refractivity contribution in [1.82, 2.24) is 0 Å². The summed E-state index contributed by atoms with van der Waals surface area (Å²) in [5.41, 5.74) is 0. The second-order valence-electron chi connectivity index (χ2n) is 20.3. The van der Waals surface area contributed by atoms with Gasteiger partial charge in [0.2, 0.25) is 0 Å². The highest BCUT2D eigenvalue weighted by molar-refractivity contribution is 5.71. The van der Waals surface area contributed by atoms with E-state index in [1.165, 1.54) is 193 Å². The Morgan fingerprint density at radius 3 is 0.812 bits per heavy atom. The largest absolute Gasteiger partial charge is 0.462 e. The molecule has 0 aromatic heterocycles. The lowest BCUT2D eigenvalue weighted by Crippen LogP contribution is -2.30. The molecule has 69 heavy (non-hydrogen) atoms. The first-order valence-corrected chi connectivity index (χ1v) is 30.2. The molecule has 6 heteroatoms. The smallest absolute Gasteiger partial charge is 0.306 e. The normalized spacial score (nSPS) is 12.3. The first-order chi connectivity index (χ1) is 34.0. The number of hydrogen-bond donors (Lipinski definition) is 0. The molecule has 0 rings (SSSR count). The van der Waals surface area contributed by atoms with Gasteiger partial charge in [-0.15, -0.1) is 0 Å². The predicted octanol–water partition coefficient (Wildman–Crippen LogP) is 20.2. The molecule has 0 heterocycles. The standard InChI is InChI=1S/C63H114O6/c1-4-7-10-13-16-19-22-25-28-31-33-35-38-41-44-47-50-53-56-62(65)68-59-60(58-67-61(64)55-52-49-46-43-40-37-34-30-27-24-21-18-15-12-9-6-3)69-63(66)57-54-51-48-45-42-39-36-32-29-26-23-20-17-14-11-8-5-2/h26,28-31,33-35,60H,4-25,27,32,36-59H2,1-3H3/b29-26-,31-28-,34-30-,35-33-. The third-order valence-corrected chi connectivity index (χ3v) is 13.3. The van der Waals surface area contributed by atoms with Crippen LogP contribution in [0.4, 0.5) is 0 Å². The fourth-order valence-electron chi connectivity index (χ4n) is 8.72. The Kier molecular flexibility index (Phi) is 55.7. The fourth-order valence-corrected chi connectivity index (χ4v) is 8.72. The van der Waals surface area contributed by atoms with Crippen LogP contribution in [0, 0.1) is 0 Å². The molecule has 0 radical (unpaired) electrons. The second-order valence-corrected chi connectivity index (χ2v) is 20.3. The van der Waals surface area contributed by atoms with Gasteiger partial charge in [-0.1, -0.05) is 249 Å². The van der Waals surface area contributed by atoms with Gasteiger partial charge in [0.05, 0.1) is 0 Å². The molecule has 402 valence electrons. The molecule has 0 bridgehead atoms. The predicted molar refractivity (Wildman–Crippen MR) is 298 cm³/mol. The number of carbonyl (C=O) groups excluding carboxylic acids is 3. The van der Waals surface area contributed by atoms with Crippen LogP contribution in [-0.4, -0.2) is 37.2 Å². The molecule has 0 aliphatic carbocycles. The van der Waals surface area contributed by atoms with Crippen LogP contribution in [0.25, 0.3) is 0 Å². The minimum absolute atomic E-state index is 0.0826. The Labute approximate surface area is 428 Å². The van der Waals surface area contributed by atoms with E-state index in [9.17, 15) is 14.4 Å². The molecule has 1 atom stereocenters. The average Bonchev–Trinajstić information content (AvgIpc) is 3.35. The molecule has 0 aliphatic heterocycles. The average molecular weight is 968 g/mol. The molecule has 0 aromatic rings. The highest BCUT2D eigenvalue weighted by Crippen LogP contribution is 2.15. The van der Waals surface area contributed by atoms with Crippen LogP contribution in [0.1, 0.15) is 316 Å². The van der Waals surface area contributed by atoms with Gasteiger partial charge in [0.25, 0.3) is 0 Å². The molecule has 0 N–H and O–H groups in total. The second kappa shape index (κ2) is 57.9. The topological polar surface area (TPSA) is 78.9 Å². The van der Waals surface area contributed by atoms with Gasteiger partial charge in [-0.2, -0.15) is 0 Å². The molecule has 0 aliphatic rings. The van der Waals surface area contributed by atoms with E-state index in [4.69, 9.17) is 14.2 Å². The summed E-state index contributed by atoms with van der Waals surface area (Å²) in [6.07, 6.45) is 71.0.